The second kappa shape index (κ2) is 8.51. The summed E-state index contributed by atoms with van der Waals surface area (Å²) in [4.78, 5) is 27.6. The molecule has 2 atom stereocenters. The number of rotatable bonds is 7. The van der Waals surface area contributed by atoms with E-state index in [9.17, 15) is 9.59 Å². The molecule has 1 aromatic heterocycles. The number of hydrogen-bond acceptors (Lipinski definition) is 4. The number of aromatic nitrogens is 1. The second-order valence-electron chi connectivity index (χ2n) is 6.49. The lowest BCUT2D eigenvalue weighted by Crippen LogP contribution is -2.48. The van der Waals surface area contributed by atoms with E-state index in [1.165, 1.54) is 0 Å². The van der Waals surface area contributed by atoms with Crippen molar-refractivity contribution >= 4 is 22.8 Å². The van der Waals surface area contributed by atoms with Gasteiger partial charge in [-0.05, 0) is 30.5 Å². The number of carbonyl (C=O) groups is 2. The fourth-order valence-electron chi connectivity index (χ4n) is 2.86. The van der Waals surface area contributed by atoms with Crippen LogP contribution < -0.4 is 11.1 Å². The minimum atomic E-state index is -0.768. The molecule has 0 aliphatic heterocycles. The molecule has 140 valence electrons. The second-order valence-corrected chi connectivity index (χ2v) is 6.49. The first-order valence-corrected chi connectivity index (χ1v) is 8.86. The minimum absolute atomic E-state index is 0.168. The molecule has 6 heteroatoms. The third-order valence-corrected chi connectivity index (χ3v) is 4.39. The van der Waals surface area contributed by atoms with Crippen LogP contribution in [0.25, 0.3) is 10.9 Å². The molecule has 0 radical (unpaired) electrons. The fraction of sp³-hybridized carbons (Fsp3) is 0.238. The first-order chi connectivity index (χ1) is 13.0. The maximum atomic E-state index is 12.3. The summed E-state index contributed by atoms with van der Waals surface area (Å²) in [6.07, 6.45) is 2.23. The lowest BCUT2D eigenvalue weighted by molar-refractivity contribution is -0.148. The Morgan fingerprint density at radius 1 is 1.11 bits per heavy atom. The maximum absolute atomic E-state index is 12.3. The highest BCUT2D eigenvalue weighted by molar-refractivity contribution is 5.88. The van der Waals surface area contributed by atoms with E-state index < -0.39 is 18.1 Å². The molecule has 0 saturated heterocycles. The van der Waals surface area contributed by atoms with E-state index in [0.717, 1.165) is 22.0 Å². The van der Waals surface area contributed by atoms with Gasteiger partial charge >= 0.3 is 5.97 Å². The summed E-state index contributed by atoms with van der Waals surface area (Å²) in [5.74, 6) is -0.879. The number of hydrogen-bond donors (Lipinski definition) is 3. The van der Waals surface area contributed by atoms with E-state index in [4.69, 9.17) is 10.5 Å². The van der Waals surface area contributed by atoms with Crippen LogP contribution in [0.1, 0.15) is 18.1 Å². The third-order valence-electron chi connectivity index (χ3n) is 4.39. The summed E-state index contributed by atoms with van der Waals surface area (Å²) in [5, 5.41) is 3.67. The molecule has 4 N–H and O–H groups in total. The topological polar surface area (TPSA) is 97.2 Å². The quantitative estimate of drug-likeness (QED) is 0.560. The number of nitrogens with two attached hydrogens (primary N) is 1. The van der Waals surface area contributed by atoms with E-state index in [1.807, 2.05) is 60.8 Å². The van der Waals surface area contributed by atoms with Gasteiger partial charge in [-0.15, -0.1) is 0 Å². The molecule has 0 saturated carbocycles. The van der Waals surface area contributed by atoms with Gasteiger partial charge in [0.15, 0.2) is 0 Å². The van der Waals surface area contributed by atoms with Gasteiger partial charge in [0, 0.05) is 17.1 Å². The van der Waals surface area contributed by atoms with Crippen molar-refractivity contribution < 1.29 is 14.3 Å². The Labute approximate surface area is 157 Å². The number of para-hydroxylation sites is 1. The number of esters is 1. The number of H-pyrrole nitrogens is 1. The van der Waals surface area contributed by atoms with Crippen molar-refractivity contribution in [1.29, 1.82) is 0 Å². The van der Waals surface area contributed by atoms with E-state index in [0.29, 0.717) is 6.42 Å². The molecule has 3 aromatic rings. The van der Waals surface area contributed by atoms with Crippen LogP contribution in [0.4, 0.5) is 0 Å². The van der Waals surface area contributed by atoms with Gasteiger partial charge in [-0.3, -0.25) is 4.79 Å². The van der Waals surface area contributed by atoms with Crippen LogP contribution in [0.5, 0.6) is 0 Å². The molecule has 0 aliphatic rings. The van der Waals surface area contributed by atoms with E-state index >= 15 is 0 Å². The van der Waals surface area contributed by atoms with Gasteiger partial charge in [0.25, 0.3) is 0 Å². The predicted octanol–water partition coefficient (Wildman–Crippen LogP) is 2.29. The first-order valence-electron chi connectivity index (χ1n) is 8.86. The van der Waals surface area contributed by atoms with Crippen molar-refractivity contribution in [2.75, 3.05) is 0 Å². The number of fused-ring (bicyclic) bond motifs is 1. The molecule has 0 bridgehead atoms. The standard InChI is InChI=1S/C21H23N3O3/c1-14(21(26)27-13-15-7-3-2-4-8-15)24-20(25)18(22)11-16-12-23-19-10-6-5-9-17(16)19/h2-10,12,14,18,23H,11,13,22H2,1H3,(H,24,25)/t14-,18+/m0/s1. The van der Waals surface area contributed by atoms with Gasteiger partial charge in [-0.25, -0.2) is 4.79 Å². The monoisotopic (exact) mass is 365 g/mol. The molecule has 0 aliphatic carbocycles. The molecule has 0 spiro atoms. The zero-order valence-electron chi connectivity index (χ0n) is 15.1. The SMILES string of the molecule is C[C@H](NC(=O)[C@H](N)Cc1c[nH]c2ccccc12)C(=O)OCc1ccccc1. The number of benzene rings is 2. The highest BCUT2D eigenvalue weighted by Gasteiger charge is 2.22. The molecule has 1 heterocycles. The Balaban J connectivity index is 1.51. The van der Waals surface area contributed by atoms with Gasteiger partial charge in [-0.2, -0.15) is 0 Å². The Bertz CT molecular complexity index is 921. The Morgan fingerprint density at radius 3 is 2.59 bits per heavy atom. The largest absolute Gasteiger partial charge is 0.459 e. The van der Waals surface area contributed by atoms with Crippen molar-refractivity contribution in [2.24, 2.45) is 5.73 Å². The molecule has 0 unspecified atom stereocenters. The Kier molecular flexibility index (Phi) is 5.88. The molecule has 0 fully saturated rings. The number of aromatic amines is 1. The summed E-state index contributed by atoms with van der Waals surface area (Å²) in [5.41, 5.74) is 8.89. The average molecular weight is 365 g/mol. The molecule has 2 aromatic carbocycles. The number of carbonyl (C=O) groups excluding carboxylic acids is 2. The highest BCUT2D eigenvalue weighted by atomic mass is 16.5. The normalized spacial score (nSPS) is 13.1. The molecule has 1 amide bonds. The molecular formula is C21H23N3O3. The number of ether oxygens (including phenoxy) is 1. The third kappa shape index (κ3) is 4.74. The van der Waals surface area contributed by atoms with Gasteiger partial charge < -0.3 is 20.8 Å². The zero-order chi connectivity index (χ0) is 19.2. The molecular weight excluding hydrogens is 342 g/mol. The molecule has 3 rings (SSSR count). The van der Waals surface area contributed by atoms with Gasteiger partial charge in [0.05, 0.1) is 6.04 Å². The van der Waals surface area contributed by atoms with Crippen LogP contribution in [-0.4, -0.2) is 28.9 Å². The average Bonchev–Trinajstić information content (AvgIpc) is 3.09. The summed E-state index contributed by atoms with van der Waals surface area (Å²) >= 11 is 0. The van der Waals surface area contributed by atoms with Crippen molar-refractivity contribution in [1.82, 2.24) is 10.3 Å². The number of nitrogens with one attached hydrogen (secondary N) is 2. The lowest BCUT2D eigenvalue weighted by Gasteiger charge is -2.17. The Morgan fingerprint density at radius 2 is 1.81 bits per heavy atom. The van der Waals surface area contributed by atoms with Crippen molar-refractivity contribution in [3.8, 4) is 0 Å². The van der Waals surface area contributed by atoms with Crippen LogP contribution in [0, 0.1) is 0 Å². The van der Waals surface area contributed by atoms with Crippen LogP contribution in [0.3, 0.4) is 0 Å². The Hall–Kier alpha value is -3.12. The zero-order valence-corrected chi connectivity index (χ0v) is 15.1. The van der Waals surface area contributed by atoms with Crippen LogP contribution in [0.2, 0.25) is 0 Å². The van der Waals surface area contributed by atoms with Gasteiger partial charge in [0.1, 0.15) is 12.6 Å². The highest BCUT2D eigenvalue weighted by Crippen LogP contribution is 2.18. The molecule has 6 nitrogen and oxygen atoms in total. The van der Waals surface area contributed by atoms with E-state index in [1.54, 1.807) is 6.92 Å². The number of amides is 1. The lowest BCUT2D eigenvalue weighted by atomic mass is 10.0. The first kappa shape index (κ1) is 18.7. The maximum Gasteiger partial charge on any atom is 0.328 e. The van der Waals surface area contributed by atoms with Crippen LogP contribution in [0.15, 0.2) is 60.8 Å². The predicted molar refractivity (Wildman–Crippen MR) is 104 cm³/mol. The summed E-state index contributed by atoms with van der Waals surface area (Å²) in [6, 6.07) is 15.7. The van der Waals surface area contributed by atoms with Crippen molar-refractivity contribution in [2.45, 2.75) is 32.0 Å². The van der Waals surface area contributed by atoms with Gasteiger partial charge in [0.2, 0.25) is 5.91 Å². The minimum Gasteiger partial charge on any atom is -0.459 e. The van der Waals surface area contributed by atoms with E-state index in [2.05, 4.69) is 10.3 Å². The smallest absolute Gasteiger partial charge is 0.328 e. The van der Waals surface area contributed by atoms with Crippen LogP contribution >= 0.6 is 0 Å². The van der Waals surface area contributed by atoms with E-state index in [-0.39, 0.29) is 12.5 Å². The molecule has 27 heavy (non-hydrogen) atoms. The summed E-state index contributed by atoms with van der Waals surface area (Å²) < 4.78 is 5.23. The summed E-state index contributed by atoms with van der Waals surface area (Å²) in [6.45, 7) is 1.75. The van der Waals surface area contributed by atoms with Crippen LogP contribution in [-0.2, 0) is 27.4 Å². The van der Waals surface area contributed by atoms with Crippen molar-refractivity contribution in [3.05, 3.63) is 71.9 Å². The van der Waals surface area contributed by atoms with Gasteiger partial charge in [-0.1, -0.05) is 48.5 Å². The van der Waals surface area contributed by atoms with Crippen molar-refractivity contribution in [3.63, 3.8) is 0 Å². The fourth-order valence-corrected chi connectivity index (χ4v) is 2.86. The summed E-state index contributed by atoms with van der Waals surface area (Å²) in [7, 11) is 0.